The van der Waals surface area contributed by atoms with Crippen LogP contribution < -0.4 is 14.2 Å². The molecule has 0 spiro atoms. The highest BCUT2D eigenvalue weighted by molar-refractivity contribution is 7.91. The van der Waals surface area contributed by atoms with Crippen LogP contribution in [-0.2, 0) is 16.4 Å². The van der Waals surface area contributed by atoms with Crippen molar-refractivity contribution in [1.29, 1.82) is 0 Å². The fourth-order valence-electron chi connectivity index (χ4n) is 4.52. The number of nitrogens with zero attached hydrogens (tertiary/aromatic N) is 1. The van der Waals surface area contributed by atoms with Crippen LogP contribution in [0.25, 0.3) is 6.08 Å². The Morgan fingerprint density at radius 2 is 2.03 bits per heavy atom. The summed E-state index contributed by atoms with van der Waals surface area (Å²) in [6.45, 7) is 5.21. The molecule has 0 N–H and O–H groups in total. The van der Waals surface area contributed by atoms with Crippen LogP contribution in [-0.4, -0.2) is 50.0 Å². The first-order chi connectivity index (χ1) is 15.3. The lowest BCUT2D eigenvalue weighted by Gasteiger charge is -2.33. The van der Waals surface area contributed by atoms with Crippen LogP contribution in [0.2, 0.25) is 0 Å². The van der Waals surface area contributed by atoms with E-state index in [9.17, 15) is 13.2 Å². The lowest BCUT2D eigenvalue weighted by Crippen LogP contribution is -2.41. The van der Waals surface area contributed by atoms with Gasteiger partial charge in [-0.3, -0.25) is 9.69 Å². The minimum atomic E-state index is -3.00. The SMILES string of the molecule is CCOc1ccc(/C=C2\Oc3c4c(cc(C)c3C2=O)OCN(C2CCS(=O)(=O)C2)C4)cc1. The normalized spacial score (nSPS) is 22.9. The zero-order valence-corrected chi connectivity index (χ0v) is 18.9. The maximum atomic E-state index is 13.1. The second kappa shape index (κ2) is 7.94. The maximum absolute atomic E-state index is 13.1. The van der Waals surface area contributed by atoms with Gasteiger partial charge in [-0.1, -0.05) is 12.1 Å². The number of Topliss-reactive ketones (excluding diaryl/α,β-unsaturated/α-hetero) is 1. The van der Waals surface area contributed by atoms with Gasteiger partial charge in [0.2, 0.25) is 5.78 Å². The van der Waals surface area contributed by atoms with Gasteiger partial charge < -0.3 is 14.2 Å². The molecule has 3 aliphatic heterocycles. The Morgan fingerprint density at radius 3 is 2.72 bits per heavy atom. The molecule has 0 saturated carbocycles. The predicted octanol–water partition coefficient (Wildman–Crippen LogP) is 3.35. The summed E-state index contributed by atoms with van der Waals surface area (Å²) in [5.41, 5.74) is 2.98. The summed E-state index contributed by atoms with van der Waals surface area (Å²) in [6, 6.07) is 9.27. The van der Waals surface area contributed by atoms with Crippen LogP contribution >= 0.6 is 0 Å². The van der Waals surface area contributed by atoms with Crippen molar-refractivity contribution in [3.8, 4) is 17.2 Å². The number of ether oxygens (including phenoxy) is 3. The van der Waals surface area contributed by atoms with E-state index in [1.807, 2.05) is 49.1 Å². The minimum absolute atomic E-state index is 0.0823. The number of fused-ring (bicyclic) bond motifs is 3. The van der Waals surface area contributed by atoms with Gasteiger partial charge in [0.15, 0.2) is 15.6 Å². The zero-order valence-electron chi connectivity index (χ0n) is 18.1. The number of carbonyl (C=O) groups excluding carboxylic acids is 1. The molecule has 1 unspecified atom stereocenters. The molecule has 2 aromatic rings. The number of allylic oxidation sites excluding steroid dienone is 1. The van der Waals surface area contributed by atoms with Crippen LogP contribution in [0.4, 0.5) is 0 Å². The lowest BCUT2D eigenvalue weighted by atomic mass is 9.98. The number of aryl methyl sites for hydroxylation is 1. The fourth-order valence-corrected chi connectivity index (χ4v) is 6.28. The summed E-state index contributed by atoms with van der Waals surface area (Å²) in [4.78, 5) is 15.2. The molecule has 1 saturated heterocycles. The molecule has 3 aliphatic rings. The van der Waals surface area contributed by atoms with E-state index in [1.54, 1.807) is 6.08 Å². The molecule has 8 heteroatoms. The van der Waals surface area contributed by atoms with E-state index < -0.39 is 9.84 Å². The number of hydrogen-bond acceptors (Lipinski definition) is 7. The monoisotopic (exact) mass is 455 g/mol. The summed E-state index contributed by atoms with van der Waals surface area (Å²) in [5, 5.41) is 0. The third-order valence-electron chi connectivity index (χ3n) is 6.16. The van der Waals surface area contributed by atoms with Gasteiger partial charge in [-0.15, -0.1) is 0 Å². The van der Waals surface area contributed by atoms with Crippen LogP contribution in [0.1, 0.15) is 40.4 Å². The van der Waals surface area contributed by atoms with Crippen molar-refractivity contribution >= 4 is 21.7 Å². The number of rotatable bonds is 4. The van der Waals surface area contributed by atoms with Crippen LogP contribution in [0, 0.1) is 6.92 Å². The number of hydrogen-bond donors (Lipinski definition) is 0. The second-order valence-corrected chi connectivity index (χ2v) is 10.6. The average Bonchev–Trinajstić information content (AvgIpc) is 3.29. The number of ketones is 1. The fraction of sp³-hybridized carbons (Fsp3) is 0.375. The average molecular weight is 456 g/mol. The van der Waals surface area contributed by atoms with Gasteiger partial charge >= 0.3 is 0 Å². The van der Waals surface area contributed by atoms with Gasteiger partial charge in [-0.25, -0.2) is 8.42 Å². The molecule has 0 aliphatic carbocycles. The minimum Gasteiger partial charge on any atom is -0.494 e. The molecule has 0 bridgehead atoms. The Labute approximate surface area is 187 Å². The van der Waals surface area contributed by atoms with E-state index >= 15 is 0 Å². The highest BCUT2D eigenvalue weighted by Crippen LogP contribution is 2.44. The summed E-state index contributed by atoms with van der Waals surface area (Å²) < 4.78 is 41.4. The van der Waals surface area contributed by atoms with Crippen molar-refractivity contribution in [2.75, 3.05) is 24.8 Å². The summed E-state index contributed by atoms with van der Waals surface area (Å²) in [7, 11) is -3.00. The second-order valence-electron chi connectivity index (χ2n) is 8.39. The van der Waals surface area contributed by atoms with Gasteiger partial charge in [0.05, 0.1) is 29.2 Å². The molecule has 0 amide bonds. The van der Waals surface area contributed by atoms with E-state index in [0.29, 0.717) is 43.4 Å². The Kier molecular flexibility index (Phi) is 5.22. The van der Waals surface area contributed by atoms with Gasteiger partial charge in [-0.05, 0) is 55.7 Å². The maximum Gasteiger partial charge on any atom is 0.232 e. The summed E-state index contributed by atoms with van der Waals surface area (Å²) >= 11 is 0. The molecule has 3 heterocycles. The van der Waals surface area contributed by atoms with E-state index in [2.05, 4.69) is 0 Å². The largest absolute Gasteiger partial charge is 0.494 e. The molecular weight excluding hydrogens is 430 g/mol. The van der Waals surface area contributed by atoms with Crippen LogP contribution in [0.3, 0.4) is 0 Å². The third kappa shape index (κ3) is 3.78. The van der Waals surface area contributed by atoms with Crippen molar-refractivity contribution in [2.45, 2.75) is 32.9 Å². The van der Waals surface area contributed by atoms with Crippen molar-refractivity contribution in [2.24, 2.45) is 0 Å². The van der Waals surface area contributed by atoms with Crippen molar-refractivity contribution in [1.82, 2.24) is 4.90 Å². The smallest absolute Gasteiger partial charge is 0.232 e. The first-order valence-corrected chi connectivity index (χ1v) is 12.6. The molecule has 32 heavy (non-hydrogen) atoms. The Morgan fingerprint density at radius 1 is 1.25 bits per heavy atom. The lowest BCUT2D eigenvalue weighted by molar-refractivity contribution is 0.0633. The molecule has 2 aromatic carbocycles. The van der Waals surface area contributed by atoms with Gasteiger partial charge in [0, 0.05) is 12.6 Å². The van der Waals surface area contributed by atoms with E-state index in [0.717, 1.165) is 22.4 Å². The number of carbonyl (C=O) groups is 1. The zero-order chi connectivity index (χ0) is 22.5. The van der Waals surface area contributed by atoms with Crippen molar-refractivity contribution in [3.63, 3.8) is 0 Å². The van der Waals surface area contributed by atoms with Gasteiger partial charge in [0.1, 0.15) is 24.0 Å². The highest BCUT2D eigenvalue weighted by Gasteiger charge is 2.39. The first-order valence-electron chi connectivity index (χ1n) is 10.8. The number of benzene rings is 2. The van der Waals surface area contributed by atoms with E-state index in [-0.39, 0.29) is 29.1 Å². The highest BCUT2D eigenvalue weighted by atomic mass is 32.2. The molecule has 0 radical (unpaired) electrons. The predicted molar refractivity (Wildman–Crippen MR) is 120 cm³/mol. The molecule has 1 fully saturated rings. The third-order valence-corrected chi connectivity index (χ3v) is 7.91. The van der Waals surface area contributed by atoms with Crippen molar-refractivity contribution in [3.05, 3.63) is 58.3 Å². The molecule has 1 atom stereocenters. The Hall–Kier alpha value is -2.84. The van der Waals surface area contributed by atoms with Crippen LogP contribution in [0.5, 0.6) is 17.2 Å². The van der Waals surface area contributed by atoms with E-state index in [1.165, 1.54) is 0 Å². The Balaban J connectivity index is 1.44. The standard InChI is InChI=1S/C24H25NO6S/c1-3-29-18-6-4-16(5-7-18)11-21-23(26)22-15(2)10-20-19(24(22)31-21)12-25(14-30-20)17-8-9-32(27,28)13-17/h4-7,10-11,17H,3,8-9,12-14H2,1-2H3/b21-11-. The summed E-state index contributed by atoms with van der Waals surface area (Å²) in [5.74, 6) is 2.43. The number of sulfone groups is 1. The molecule has 5 rings (SSSR count). The molecule has 168 valence electrons. The molecule has 0 aromatic heterocycles. The van der Waals surface area contributed by atoms with Gasteiger partial charge in [-0.2, -0.15) is 0 Å². The van der Waals surface area contributed by atoms with Gasteiger partial charge in [0.25, 0.3) is 0 Å². The quantitative estimate of drug-likeness (QED) is 0.654. The summed E-state index contributed by atoms with van der Waals surface area (Å²) in [6.07, 6.45) is 2.33. The molecule has 7 nitrogen and oxygen atoms in total. The molecular formula is C24H25NO6S. The van der Waals surface area contributed by atoms with Crippen LogP contribution in [0.15, 0.2) is 36.1 Å². The first kappa shape index (κ1) is 21.0. The van der Waals surface area contributed by atoms with Crippen molar-refractivity contribution < 1.29 is 27.4 Å². The Bertz CT molecular complexity index is 1220. The topological polar surface area (TPSA) is 82.1 Å². The van der Waals surface area contributed by atoms with E-state index in [4.69, 9.17) is 14.2 Å².